The number of carbonyl (C=O) groups is 1. The van der Waals surface area contributed by atoms with Crippen molar-refractivity contribution in [3.63, 3.8) is 0 Å². The Balaban J connectivity index is 1.41. The zero-order valence-electron chi connectivity index (χ0n) is 23.2. The van der Waals surface area contributed by atoms with Gasteiger partial charge in [0.15, 0.2) is 0 Å². The van der Waals surface area contributed by atoms with Crippen molar-refractivity contribution in [1.29, 1.82) is 5.26 Å². The summed E-state index contributed by atoms with van der Waals surface area (Å²) in [5.74, 6) is 0.603. The average molecular weight is 537 g/mol. The number of carbonyl (C=O) groups excluding carboxylic acids is 1. The number of rotatable bonds is 8. The fraction of sp³-hybridized carbons (Fsp3) is 0.273. The van der Waals surface area contributed by atoms with Gasteiger partial charge in [0.25, 0.3) is 0 Å². The molecule has 5 rings (SSSR count). The van der Waals surface area contributed by atoms with Crippen molar-refractivity contribution in [2.24, 2.45) is 5.73 Å². The van der Waals surface area contributed by atoms with E-state index in [9.17, 15) is 10.1 Å². The number of aryl methyl sites for hydroxylation is 3. The van der Waals surface area contributed by atoms with Crippen LogP contribution < -0.4 is 19.9 Å². The van der Waals surface area contributed by atoms with Crippen molar-refractivity contribution in [2.45, 2.75) is 52.9 Å². The number of ether oxygens (including phenoxy) is 3. The van der Waals surface area contributed by atoms with Crippen molar-refractivity contribution >= 4 is 16.9 Å². The van der Waals surface area contributed by atoms with E-state index in [4.69, 9.17) is 24.4 Å². The lowest BCUT2D eigenvalue weighted by Gasteiger charge is -2.26. The second kappa shape index (κ2) is 11.2. The number of unbranched alkanes of at least 4 members (excludes halogenated alkanes) is 2. The molecule has 0 spiro atoms. The molecule has 1 aromatic heterocycles. The smallest absolute Gasteiger partial charge is 0.379 e. The van der Waals surface area contributed by atoms with Gasteiger partial charge in [0, 0.05) is 22.6 Å². The standard InChI is InChI=1S/C33H32N2O5/c1-5-6-7-14-37-23-10-8-22(9-11-23)30-25-13-12-24(17-27(25)40-32(35)26(30)18-34)38-33(36)31-21(4)29-20(3)15-19(2)16-28(29)39-31/h8-13,15-17,30H,5-7,14,35H2,1-4H3. The molecule has 40 heavy (non-hydrogen) atoms. The fourth-order valence-corrected chi connectivity index (χ4v) is 5.28. The predicted octanol–water partition coefficient (Wildman–Crippen LogP) is 7.36. The number of furan rings is 1. The van der Waals surface area contributed by atoms with Gasteiger partial charge in [0.1, 0.15) is 34.5 Å². The van der Waals surface area contributed by atoms with Crippen LogP contribution in [0, 0.1) is 32.1 Å². The molecular weight excluding hydrogens is 504 g/mol. The summed E-state index contributed by atoms with van der Waals surface area (Å²) in [7, 11) is 0. The van der Waals surface area contributed by atoms with Crippen LogP contribution in [0.1, 0.15) is 70.5 Å². The second-order valence-electron chi connectivity index (χ2n) is 10.1. The van der Waals surface area contributed by atoms with Crippen molar-refractivity contribution in [3.05, 3.63) is 99.6 Å². The zero-order valence-corrected chi connectivity index (χ0v) is 23.2. The van der Waals surface area contributed by atoms with Gasteiger partial charge in [-0.3, -0.25) is 0 Å². The van der Waals surface area contributed by atoms with Crippen molar-refractivity contribution in [3.8, 4) is 23.3 Å². The highest BCUT2D eigenvalue weighted by atomic mass is 16.5. The minimum absolute atomic E-state index is 0.0161. The van der Waals surface area contributed by atoms with Crippen LogP contribution in [-0.2, 0) is 0 Å². The Labute approximate surface area is 233 Å². The SMILES string of the molecule is CCCCCOc1ccc(C2C(C#N)=C(N)Oc3cc(OC(=O)c4oc5cc(C)cc(C)c5c4C)ccc32)cc1. The van der Waals surface area contributed by atoms with Gasteiger partial charge in [-0.15, -0.1) is 0 Å². The summed E-state index contributed by atoms with van der Waals surface area (Å²) in [6, 6.07) is 18.9. The molecule has 2 heterocycles. The first-order valence-electron chi connectivity index (χ1n) is 13.5. The number of nitrogens with zero attached hydrogens (tertiary/aromatic N) is 1. The molecule has 4 aromatic rings. The number of hydrogen-bond donors (Lipinski definition) is 1. The van der Waals surface area contributed by atoms with E-state index in [0.717, 1.165) is 58.2 Å². The molecule has 0 radical (unpaired) electrons. The van der Waals surface area contributed by atoms with Crippen LogP contribution in [0.25, 0.3) is 11.0 Å². The van der Waals surface area contributed by atoms with Crippen LogP contribution in [0.5, 0.6) is 17.2 Å². The highest BCUT2D eigenvalue weighted by molar-refractivity contribution is 5.98. The first-order chi connectivity index (χ1) is 19.3. The monoisotopic (exact) mass is 536 g/mol. The van der Waals surface area contributed by atoms with Crippen molar-refractivity contribution in [1.82, 2.24) is 0 Å². The van der Waals surface area contributed by atoms with Gasteiger partial charge >= 0.3 is 5.97 Å². The van der Waals surface area contributed by atoms with Crippen LogP contribution in [-0.4, -0.2) is 12.6 Å². The molecule has 1 atom stereocenters. The quantitative estimate of drug-likeness (QED) is 0.142. The molecule has 0 saturated heterocycles. The van der Waals surface area contributed by atoms with Gasteiger partial charge < -0.3 is 24.4 Å². The Bertz CT molecular complexity index is 1660. The third kappa shape index (κ3) is 5.13. The summed E-state index contributed by atoms with van der Waals surface area (Å²) in [6.45, 7) is 8.64. The predicted molar refractivity (Wildman–Crippen MR) is 153 cm³/mol. The second-order valence-corrected chi connectivity index (χ2v) is 10.1. The average Bonchev–Trinajstić information content (AvgIpc) is 3.27. The van der Waals surface area contributed by atoms with Gasteiger partial charge in [-0.05, 0) is 68.1 Å². The van der Waals surface area contributed by atoms with Gasteiger partial charge in [-0.25, -0.2) is 4.79 Å². The number of fused-ring (bicyclic) bond motifs is 2. The van der Waals surface area contributed by atoms with Crippen molar-refractivity contribution in [2.75, 3.05) is 6.61 Å². The van der Waals surface area contributed by atoms with Gasteiger partial charge in [0.05, 0.1) is 12.5 Å². The number of benzene rings is 3. The normalized spacial score (nSPS) is 14.4. The third-order valence-corrected chi connectivity index (χ3v) is 7.19. The largest absolute Gasteiger partial charge is 0.494 e. The summed E-state index contributed by atoms with van der Waals surface area (Å²) >= 11 is 0. The first kappa shape index (κ1) is 26.9. The highest BCUT2D eigenvalue weighted by Crippen LogP contribution is 2.44. The molecule has 0 fully saturated rings. The minimum atomic E-state index is -0.603. The zero-order chi connectivity index (χ0) is 28.4. The van der Waals surface area contributed by atoms with Crippen LogP contribution in [0.2, 0.25) is 0 Å². The summed E-state index contributed by atoms with van der Waals surface area (Å²) < 4.78 is 23.2. The Morgan fingerprint density at radius 3 is 2.50 bits per heavy atom. The maximum atomic E-state index is 13.1. The van der Waals surface area contributed by atoms with Gasteiger partial charge in [-0.2, -0.15) is 5.26 Å². The van der Waals surface area contributed by atoms with E-state index in [1.807, 2.05) is 51.1 Å². The number of nitriles is 1. The Kier molecular flexibility index (Phi) is 7.52. The third-order valence-electron chi connectivity index (χ3n) is 7.19. The Morgan fingerprint density at radius 1 is 1.02 bits per heavy atom. The van der Waals surface area contributed by atoms with Crippen LogP contribution in [0.3, 0.4) is 0 Å². The molecule has 7 heteroatoms. The number of nitrogens with two attached hydrogens (primary N) is 1. The van der Waals surface area contributed by atoms with E-state index in [1.165, 1.54) is 0 Å². The summed E-state index contributed by atoms with van der Waals surface area (Å²) in [5.41, 5.74) is 11.6. The highest BCUT2D eigenvalue weighted by Gasteiger charge is 2.31. The molecular formula is C33H32N2O5. The molecule has 1 aliphatic rings. The van der Waals surface area contributed by atoms with E-state index in [0.29, 0.717) is 23.5 Å². The molecule has 0 aliphatic carbocycles. The van der Waals surface area contributed by atoms with Crippen LogP contribution >= 0.6 is 0 Å². The maximum absolute atomic E-state index is 13.1. The van der Waals surface area contributed by atoms with Crippen LogP contribution in [0.4, 0.5) is 0 Å². The lowest BCUT2D eigenvalue weighted by atomic mass is 9.83. The van der Waals surface area contributed by atoms with Crippen LogP contribution in [0.15, 0.2) is 70.5 Å². The van der Waals surface area contributed by atoms with Gasteiger partial charge in [-0.1, -0.05) is 44.0 Å². The van der Waals surface area contributed by atoms with E-state index in [-0.39, 0.29) is 17.4 Å². The first-order valence-corrected chi connectivity index (χ1v) is 13.5. The molecule has 3 aromatic carbocycles. The molecule has 204 valence electrons. The molecule has 0 saturated carbocycles. The van der Waals surface area contributed by atoms with E-state index in [2.05, 4.69) is 19.1 Å². The number of hydrogen-bond acceptors (Lipinski definition) is 7. The van der Waals surface area contributed by atoms with E-state index >= 15 is 0 Å². The van der Waals surface area contributed by atoms with E-state index in [1.54, 1.807) is 18.2 Å². The fourth-order valence-electron chi connectivity index (χ4n) is 5.28. The molecule has 0 bridgehead atoms. The molecule has 7 nitrogen and oxygen atoms in total. The minimum Gasteiger partial charge on any atom is -0.494 e. The van der Waals surface area contributed by atoms with Gasteiger partial charge in [0.2, 0.25) is 11.6 Å². The molecule has 2 N–H and O–H groups in total. The maximum Gasteiger partial charge on any atom is 0.379 e. The van der Waals surface area contributed by atoms with E-state index < -0.39 is 11.9 Å². The lowest BCUT2D eigenvalue weighted by molar-refractivity contribution is 0.0702. The number of allylic oxidation sites excluding steroid dienone is 1. The van der Waals surface area contributed by atoms with Crippen molar-refractivity contribution < 1.29 is 23.4 Å². The molecule has 1 aliphatic heterocycles. The summed E-state index contributed by atoms with van der Waals surface area (Å²) in [4.78, 5) is 13.1. The molecule has 0 amide bonds. The Morgan fingerprint density at radius 2 is 1.77 bits per heavy atom. The topological polar surface area (TPSA) is 108 Å². The summed E-state index contributed by atoms with van der Waals surface area (Å²) in [5, 5.41) is 10.8. The summed E-state index contributed by atoms with van der Waals surface area (Å²) in [6.07, 6.45) is 3.27. The number of esters is 1. The lowest BCUT2D eigenvalue weighted by Crippen LogP contribution is -2.21. The molecule has 1 unspecified atom stereocenters. The Hall–Kier alpha value is -4.70.